The lowest BCUT2D eigenvalue weighted by Gasteiger charge is -2.07. The minimum absolute atomic E-state index is 0.0831. The lowest BCUT2D eigenvalue weighted by Crippen LogP contribution is -2.17. The van der Waals surface area contributed by atoms with Gasteiger partial charge in [0.15, 0.2) is 0 Å². The predicted octanol–water partition coefficient (Wildman–Crippen LogP) is 2.99. The van der Waals surface area contributed by atoms with E-state index in [0.29, 0.717) is 18.7 Å². The molecule has 0 spiro atoms. The van der Waals surface area contributed by atoms with Gasteiger partial charge in [-0.15, -0.1) is 0 Å². The van der Waals surface area contributed by atoms with Crippen molar-refractivity contribution in [3.63, 3.8) is 0 Å². The highest BCUT2D eigenvalue weighted by atomic mass is 19.4. The molecule has 1 aromatic rings. The molecule has 0 fully saturated rings. The van der Waals surface area contributed by atoms with Gasteiger partial charge in [-0.05, 0) is 30.7 Å². The van der Waals surface area contributed by atoms with E-state index >= 15 is 0 Å². The molecular weight excluding hydrogens is 229 g/mol. The van der Waals surface area contributed by atoms with Gasteiger partial charge in [-0.25, -0.2) is 0 Å². The fraction of sp³-hybridized carbons (Fsp3) is 0.417. The van der Waals surface area contributed by atoms with E-state index in [1.165, 1.54) is 0 Å². The third-order valence-corrected chi connectivity index (χ3v) is 2.23. The van der Waals surface area contributed by atoms with Crippen LogP contribution in [0.4, 0.5) is 13.2 Å². The predicted molar refractivity (Wildman–Crippen MR) is 58.2 cm³/mol. The largest absolute Gasteiger partial charge is 0.389 e. The maximum absolute atomic E-state index is 11.8. The van der Waals surface area contributed by atoms with Crippen LogP contribution >= 0.6 is 0 Å². The van der Waals surface area contributed by atoms with Crippen LogP contribution in [0.1, 0.15) is 24.0 Å². The monoisotopic (exact) mass is 242 g/mol. The van der Waals surface area contributed by atoms with Crippen molar-refractivity contribution in [2.45, 2.75) is 25.6 Å². The molecule has 0 aliphatic heterocycles. The Morgan fingerprint density at radius 1 is 1.18 bits per heavy atom. The molecule has 0 saturated heterocycles. The second kappa shape index (κ2) is 6.26. The van der Waals surface area contributed by atoms with Crippen LogP contribution in [0.15, 0.2) is 24.3 Å². The van der Waals surface area contributed by atoms with E-state index in [4.69, 9.17) is 5.26 Å². The zero-order valence-corrected chi connectivity index (χ0v) is 9.22. The number of nitriles is 1. The third-order valence-electron chi connectivity index (χ3n) is 2.23. The van der Waals surface area contributed by atoms with Crippen LogP contribution in [-0.2, 0) is 6.54 Å². The fourth-order valence-corrected chi connectivity index (χ4v) is 1.34. The van der Waals surface area contributed by atoms with Gasteiger partial charge in [0.2, 0.25) is 0 Å². The minimum Gasteiger partial charge on any atom is -0.313 e. The van der Waals surface area contributed by atoms with E-state index in [9.17, 15) is 13.2 Å². The number of benzene rings is 1. The Bertz CT molecular complexity index is 376. The number of hydrogen-bond donors (Lipinski definition) is 1. The first-order valence-electron chi connectivity index (χ1n) is 5.28. The Morgan fingerprint density at radius 2 is 1.82 bits per heavy atom. The van der Waals surface area contributed by atoms with Gasteiger partial charge in [-0.2, -0.15) is 18.4 Å². The van der Waals surface area contributed by atoms with Crippen LogP contribution in [0.5, 0.6) is 0 Å². The topological polar surface area (TPSA) is 35.8 Å². The van der Waals surface area contributed by atoms with Gasteiger partial charge in [0.05, 0.1) is 11.6 Å². The SMILES string of the molecule is N#Cc1ccc(CNCCCC(F)(F)F)cc1. The van der Waals surface area contributed by atoms with Gasteiger partial charge < -0.3 is 5.32 Å². The van der Waals surface area contributed by atoms with Gasteiger partial charge in [0, 0.05) is 13.0 Å². The first kappa shape index (κ1) is 13.5. The van der Waals surface area contributed by atoms with Crippen LogP contribution in [0.2, 0.25) is 0 Å². The maximum atomic E-state index is 11.8. The first-order chi connectivity index (χ1) is 8.01. The van der Waals surface area contributed by atoms with E-state index in [1.807, 2.05) is 6.07 Å². The smallest absolute Gasteiger partial charge is 0.313 e. The molecule has 0 unspecified atom stereocenters. The van der Waals surface area contributed by atoms with Crippen molar-refractivity contribution in [2.75, 3.05) is 6.54 Å². The zero-order chi connectivity index (χ0) is 12.7. The summed E-state index contributed by atoms with van der Waals surface area (Å²) in [6, 6.07) is 8.95. The zero-order valence-electron chi connectivity index (χ0n) is 9.22. The highest BCUT2D eigenvalue weighted by Gasteiger charge is 2.25. The lowest BCUT2D eigenvalue weighted by atomic mass is 10.1. The van der Waals surface area contributed by atoms with E-state index < -0.39 is 12.6 Å². The van der Waals surface area contributed by atoms with Crippen LogP contribution in [0.3, 0.4) is 0 Å². The Hall–Kier alpha value is -1.54. The van der Waals surface area contributed by atoms with Crippen molar-refractivity contribution >= 4 is 0 Å². The summed E-state index contributed by atoms with van der Waals surface area (Å²) in [6.45, 7) is 0.850. The Kier molecular flexibility index (Phi) is 4.98. The quantitative estimate of drug-likeness (QED) is 0.806. The summed E-state index contributed by atoms with van der Waals surface area (Å²) in [7, 11) is 0. The normalized spacial score (nSPS) is 11.2. The molecule has 92 valence electrons. The second-order valence-corrected chi connectivity index (χ2v) is 3.70. The summed E-state index contributed by atoms with van der Waals surface area (Å²) < 4.78 is 35.5. The summed E-state index contributed by atoms with van der Waals surface area (Å²) in [5.41, 5.74) is 1.53. The van der Waals surface area contributed by atoms with Crippen LogP contribution in [0.25, 0.3) is 0 Å². The first-order valence-corrected chi connectivity index (χ1v) is 5.28. The standard InChI is InChI=1S/C12H13F3N2/c13-12(14,15)6-1-7-17-9-11-4-2-10(8-16)3-5-11/h2-5,17H,1,6-7,9H2. The molecule has 2 nitrogen and oxygen atoms in total. The van der Waals surface area contributed by atoms with Crippen LogP contribution in [0, 0.1) is 11.3 Å². The van der Waals surface area contributed by atoms with E-state index in [1.54, 1.807) is 24.3 Å². The molecule has 0 amide bonds. The van der Waals surface area contributed by atoms with E-state index in [2.05, 4.69) is 5.32 Å². The number of hydrogen-bond acceptors (Lipinski definition) is 2. The Labute approximate surface area is 98.1 Å². The molecule has 1 aromatic carbocycles. The molecule has 17 heavy (non-hydrogen) atoms. The number of rotatable bonds is 5. The average molecular weight is 242 g/mol. The highest BCUT2D eigenvalue weighted by Crippen LogP contribution is 2.20. The van der Waals surface area contributed by atoms with Crippen molar-refractivity contribution in [3.05, 3.63) is 35.4 Å². The molecule has 1 N–H and O–H groups in total. The van der Waals surface area contributed by atoms with Gasteiger partial charge in [0.25, 0.3) is 0 Å². The van der Waals surface area contributed by atoms with Crippen molar-refractivity contribution < 1.29 is 13.2 Å². The van der Waals surface area contributed by atoms with Crippen LogP contribution in [-0.4, -0.2) is 12.7 Å². The van der Waals surface area contributed by atoms with Gasteiger partial charge in [0.1, 0.15) is 0 Å². The Morgan fingerprint density at radius 3 is 2.35 bits per heavy atom. The van der Waals surface area contributed by atoms with E-state index in [-0.39, 0.29) is 6.42 Å². The second-order valence-electron chi connectivity index (χ2n) is 3.70. The highest BCUT2D eigenvalue weighted by molar-refractivity contribution is 5.31. The molecule has 0 aliphatic rings. The van der Waals surface area contributed by atoms with Crippen LogP contribution < -0.4 is 5.32 Å². The van der Waals surface area contributed by atoms with Crippen molar-refractivity contribution in [1.82, 2.24) is 5.32 Å². The number of nitrogens with one attached hydrogen (secondary N) is 1. The summed E-state index contributed by atoms with van der Waals surface area (Å²) >= 11 is 0. The molecule has 0 bridgehead atoms. The molecule has 0 atom stereocenters. The molecule has 5 heteroatoms. The minimum atomic E-state index is -4.07. The molecular formula is C12H13F3N2. The average Bonchev–Trinajstić information content (AvgIpc) is 2.28. The summed E-state index contributed by atoms with van der Waals surface area (Å²) in [4.78, 5) is 0. The fourth-order valence-electron chi connectivity index (χ4n) is 1.34. The van der Waals surface area contributed by atoms with Crippen molar-refractivity contribution in [2.24, 2.45) is 0 Å². The molecule has 0 saturated carbocycles. The summed E-state index contributed by atoms with van der Waals surface area (Å²) in [6.07, 6.45) is -4.75. The van der Waals surface area contributed by atoms with Gasteiger partial charge in [-0.1, -0.05) is 12.1 Å². The summed E-state index contributed by atoms with van der Waals surface area (Å²) in [5, 5.41) is 11.5. The number of alkyl halides is 3. The van der Waals surface area contributed by atoms with E-state index in [0.717, 1.165) is 5.56 Å². The molecule has 0 aliphatic carbocycles. The van der Waals surface area contributed by atoms with Gasteiger partial charge in [-0.3, -0.25) is 0 Å². The number of nitrogens with zero attached hydrogens (tertiary/aromatic N) is 1. The van der Waals surface area contributed by atoms with Crippen molar-refractivity contribution in [1.29, 1.82) is 5.26 Å². The molecule has 1 rings (SSSR count). The molecule has 0 aromatic heterocycles. The van der Waals surface area contributed by atoms with Crippen molar-refractivity contribution in [3.8, 4) is 6.07 Å². The molecule has 0 heterocycles. The maximum Gasteiger partial charge on any atom is 0.389 e. The Balaban J connectivity index is 2.20. The molecule has 0 radical (unpaired) electrons. The number of halogens is 3. The lowest BCUT2D eigenvalue weighted by molar-refractivity contribution is -0.135. The summed E-state index contributed by atoms with van der Waals surface area (Å²) in [5.74, 6) is 0. The third kappa shape index (κ3) is 5.93. The van der Waals surface area contributed by atoms with Gasteiger partial charge >= 0.3 is 6.18 Å².